The maximum absolute atomic E-state index is 12.1. The third kappa shape index (κ3) is 2.26. The zero-order valence-corrected chi connectivity index (χ0v) is 10.7. The lowest BCUT2D eigenvalue weighted by Gasteiger charge is -2.02. The van der Waals surface area contributed by atoms with Crippen molar-refractivity contribution in [2.45, 2.75) is 39.5 Å². The van der Waals surface area contributed by atoms with Crippen LogP contribution in [-0.2, 0) is 0 Å². The number of aromatic amines is 1. The molecule has 3 rings (SSSR count). The van der Waals surface area contributed by atoms with Crippen LogP contribution in [0.25, 0.3) is 10.9 Å². The number of aromatic nitrogens is 1. The van der Waals surface area contributed by atoms with Gasteiger partial charge in [-0.1, -0.05) is 19.9 Å². The van der Waals surface area contributed by atoms with Crippen LogP contribution >= 0.6 is 0 Å². The molecule has 2 aromatic rings. The van der Waals surface area contributed by atoms with Crippen LogP contribution < -0.4 is 5.43 Å². The molecule has 0 unspecified atom stereocenters. The average molecular weight is 229 g/mol. The molecule has 90 valence electrons. The molecule has 1 heterocycles. The third-order valence-electron chi connectivity index (χ3n) is 3.08. The van der Waals surface area contributed by atoms with E-state index in [0.717, 1.165) is 16.5 Å². The highest BCUT2D eigenvalue weighted by Gasteiger charge is 2.26. The molecule has 2 nitrogen and oxygen atoms in total. The van der Waals surface area contributed by atoms with Crippen molar-refractivity contribution in [3.8, 4) is 0 Å². The molecule has 1 saturated carbocycles. The Morgan fingerprint density at radius 1 is 1.24 bits per heavy atom. The highest BCUT2D eigenvalue weighted by atomic mass is 16.1. The van der Waals surface area contributed by atoms with Gasteiger partial charge in [-0.3, -0.25) is 4.79 Å². The van der Waals surface area contributed by atoms with E-state index >= 15 is 0 Å². The highest BCUT2D eigenvalue weighted by Crippen LogP contribution is 2.38. The number of rotatable bonds is 1. The van der Waals surface area contributed by atoms with Crippen LogP contribution in [0.3, 0.4) is 0 Å². The van der Waals surface area contributed by atoms with Crippen LogP contribution in [-0.4, -0.2) is 4.98 Å². The highest BCUT2D eigenvalue weighted by molar-refractivity contribution is 5.79. The van der Waals surface area contributed by atoms with Crippen molar-refractivity contribution in [1.29, 1.82) is 0 Å². The fourth-order valence-corrected chi connectivity index (χ4v) is 2.05. The normalized spacial score (nSPS) is 14.3. The monoisotopic (exact) mass is 229 g/mol. The lowest BCUT2D eigenvalue weighted by atomic mass is 10.1. The van der Waals surface area contributed by atoms with Crippen LogP contribution in [0, 0.1) is 6.92 Å². The van der Waals surface area contributed by atoms with E-state index < -0.39 is 0 Å². The van der Waals surface area contributed by atoms with Gasteiger partial charge in [0, 0.05) is 22.7 Å². The van der Waals surface area contributed by atoms with E-state index in [0.29, 0.717) is 5.92 Å². The number of hydrogen-bond donors (Lipinski definition) is 1. The van der Waals surface area contributed by atoms with Gasteiger partial charge in [0.05, 0.1) is 0 Å². The first-order valence-corrected chi connectivity index (χ1v) is 6.37. The summed E-state index contributed by atoms with van der Waals surface area (Å²) in [6.07, 6.45) is 4.22. The van der Waals surface area contributed by atoms with E-state index in [4.69, 9.17) is 0 Å². The molecule has 17 heavy (non-hydrogen) atoms. The van der Waals surface area contributed by atoms with Crippen molar-refractivity contribution in [2.24, 2.45) is 0 Å². The minimum Gasteiger partial charge on any atom is -0.361 e. The Bertz CT molecular complexity index is 579. The Labute approximate surface area is 102 Å². The maximum Gasteiger partial charge on any atom is 0.192 e. The summed E-state index contributed by atoms with van der Waals surface area (Å²) < 4.78 is 0. The smallest absolute Gasteiger partial charge is 0.192 e. The molecule has 1 aliphatic carbocycles. The molecule has 0 radical (unpaired) electrons. The molecule has 1 aromatic heterocycles. The van der Waals surface area contributed by atoms with E-state index in [9.17, 15) is 4.79 Å². The number of aryl methyl sites for hydroxylation is 1. The predicted octanol–water partition coefficient (Wildman–Crippen LogP) is 3.74. The summed E-state index contributed by atoms with van der Waals surface area (Å²) in [7, 11) is 0. The number of pyridine rings is 1. The molecule has 1 aliphatic rings. The zero-order valence-electron chi connectivity index (χ0n) is 10.7. The number of fused-ring (bicyclic) bond motifs is 1. The molecule has 0 atom stereocenters. The SMILES string of the molecule is CC.Cc1ccc2c(=O)c(C3CC3)c[nH]c2c1. The molecule has 0 aliphatic heterocycles. The predicted molar refractivity (Wildman–Crippen MR) is 72.6 cm³/mol. The van der Waals surface area contributed by atoms with Crippen LogP contribution in [0.2, 0.25) is 0 Å². The standard InChI is InChI=1S/C13H13NO.C2H6/c1-8-2-5-10-12(6-8)14-7-11(13(10)15)9-3-4-9;1-2/h2,5-7,9H,3-4H2,1H3,(H,14,15);1-2H3. The van der Waals surface area contributed by atoms with Crippen molar-refractivity contribution in [3.63, 3.8) is 0 Å². The first-order valence-electron chi connectivity index (χ1n) is 6.37. The van der Waals surface area contributed by atoms with Gasteiger partial charge in [0.1, 0.15) is 0 Å². The largest absolute Gasteiger partial charge is 0.361 e. The molecule has 0 amide bonds. The van der Waals surface area contributed by atoms with Crippen LogP contribution in [0.15, 0.2) is 29.2 Å². The van der Waals surface area contributed by atoms with E-state index in [1.54, 1.807) is 0 Å². The van der Waals surface area contributed by atoms with Crippen molar-refractivity contribution >= 4 is 10.9 Å². The van der Waals surface area contributed by atoms with Gasteiger partial charge in [-0.2, -0.15) is 0 Å². The Hall–Kier alpha value is -1.57. The lowest BCUT2D eigenvalue weighted by Crippen LogP contribution is -2.08. The van der Waals surface area contributed by atoms with Crippen LogP contribution in [0.5, 0.6) is 0 Å². The second kappa shape index (κ2) is 4.74. The summed E-state index contributed by atoms with van der Waals surface area (Å²) in [6.45, 7) is 6.03. The van der Waals surface area contributed by atoms with Gasteiger partial charge in [-0.05, 0) is 43.4 Å². The molecule has 0 bridgehead atoms. The minimum absolute atomic E-state index is 0.214. The molecule has 1 aromatic carbocycles. The van der Waals surface area contributed by atoms with E-state index in [2.05, 4.69) is 4.98 Å². The topological polar surface area (TPSA) is 32.9 Å². The van der Waals surface area contributed by atoms with Crippen LogP contribution in [0.1, 0.15) is 43.7 Å². The van der Waals surface area contributed by atoms with Gasteiger partial charge in [0.2, 0.25) is 0 Å². The summed E-state index contributed by atoms with van der Waals surface area (Å²) in [5, 5.41) is 0.824. The van der Waals surface area contributed by atoms with E-state index in [-0.39, 0.29) is 5.43 Å². The van der Waals surface area contributed by atoms with Crippen molar-refractivity contribution in [3.05, 3.63) is 45.7 Å². The lowest BCUT2D eigenvalue weighted by molar-refractivity contribution is 1.09. The first kappa shape index (κ1) is 11.9. The van der Waals surface area contributed by atoms with Gasteiger partial charge in [0.25, 0.3) is 0 Å². The number of hydrogen-bond acceptors (Lipinski definition) is 1. The van der Waals surface area contributed by atoms with Crippen molar-refractivity contribution < 1.29 is 0 Å². The second-order valence-electron chi connectivity index (χ2n) is 4.40. The third-order valence-corrected chi connectivity index (χ3v) is 3.08. The van der Waals surface area contributed by atoms with Gasteiger partial charge in [-0.15, -0.1) is 0 Å². The summed E-state index contributed by atoms with van der Waals surface area (Å²) in [5.41, 5.74) is 3.30. The Kier molecular flexibility index (Phi) is 3.32. The van der Waals surface area contributed by atoms with Crippen molar-refractivity contribution in [2.75, 3.05) is 0 Å². The number of H-pyrrole nitrogens is 1. The Morgan fingerprint density at radius 2 is 1.94 bits per heavy atom. The second-order valence-corrected chi connectivity index (χ2v) is 4.40. The first-order chi connectivity index (χ1) is 8.25. The Morgan fingerprint density at radius 3 is 2.59 bits per heavy atom. The summed E-state index contributed by atoms with van der Waals surface area (Å²) in [4.78, 5) is 15.3. The molecular weight excluding hydrogens is 210 g/mol. The van der Waals surface area contributed by atoms with Gasteiger partial charge in [-0.25, -0.2) is 0 Å². The molecule has 0 spiro atoms. The van der Waals surface area contributed by atoms with E-state index in [1.165, 1.54) is 18.4 Å². The molecule has 1 fully saturated rings. The molecule has 1 N–H and O–H groups in total. The van der Waals surface area contributed by atoms with Crippen LogP contribution in [0.4, 0.5) is 0 Å². The molecule has 2 heteroatoms. The fourth-order valence-electron chi connectivity index (χ4n) is 2.05. The minimum atomic E-state index is 0.214. The van der Waals surface area contributed by atoms with Crippen molar-refractivity contribution in [1.82, 2.24) is 4.98 Å². The number of benzene rings is 1. The molecule has 0 saturated heterocycles. The average Bonchev–Trinajstić information content (AvgIpc) is 3.16. The van der Waals surface area contributed by atoms with E-state index in [1.807, 2.05) is 45.2 Å². The van der Waals surface area contributed by atoms with Gasteiger partial charge in [0.15, 0.2) is 5.43 Å². The quantitative estimate of drug-likeness (QED) is 0.793. The number of nitrogens with one attached hydrogen (secondary N) is 1. The zero-order chi connectivity index (χ0) is 12.4. The summed E-state index contributed by atoms with van der Waals surface area (Å²) >= 11 is 0. The van der Waals surface area contributed by atoms with Gasteiger partial charge < -0.3 is 4.98 Å². The molecular formula is C15H19NO. The summed E-state index contributed by atoms with van der Waals surface area (Å²) in [6, 6.07) is 5.94. The van der Waals surface area contributed by atoms with Gasteiger partial charge >= 0.3 is 0 Å². The fraction of sp³-hybridized carbons (Fsp3) is 0.400. The Balaban J connectivity index is 0.000000514. The maximum atomic E-state index is 12.1. The summed E-state index contributed by atoms with van der Waals surface area (Å²) in [5.74, 6) is 0.513.